The molecule has 1 aromatic heterocycles. The number of rotatable bonds is 15. The molecule has 40 heavy (non-hydrogen) atoms. The molecule has 0 unspecified atom stereocenters. The van der Waals surface area contributed by atoms with E-state index in [1.165, 1.54) is 42.5 Å². The first-order valence-electron chi connectivity index (χ1n) is 12.1. The first kappa shape index (κ1) is 29.3. The summed E-state index contributed by atoms with van der Waals surface area (Å²) in [5, 5.41) is 24.6. The van der Waals surface area contributed by atoms with Crippen LogP contribution in [0.2, 0.25) is 0 Å². The number of hydrogen-bond donors (Lipinski definition) is 3. The van der Waals surface area contributed by atoms with Crippen molar-refractivity contribution in [2.24, 2.45) is 0 Å². The molecule has 4 amide bonds. The van der Waals surface area contributed by atoms with E-state index in [1.807, 2.05) is 0 Å². The SMILES string of the molecule is O=C(CCCCCN1C(=O)C=CC1=O)NCC(=O)Nc1cc(COC(=O)O)ccc1OCc1ccc([N+](=O)[O-])o1. The highest BCUT2D eigenvalue weighted by Gasteiger charge is 2.22. The summed E-state index contributed by atoms with van der Waals surface area (Å²) in [4.78, 5) is 69.6. The molecule has 0 bridgehead atoms. The zero-order chi connectivity index (χ0) is 29.1. The van der Waals surface area contributed by atoms with E-state index in [-0.39, 0.29) is 67.6 Å². The van der Waals surface area contributed by atoms with Gasteiger partial charge >= 0.3 is 12.0 Å². The molecule has 0 aliphatic carbocycles. The topological polar surface area (TPSA) is 208 Å². The lowest BCUT2D eigenvalue weighted by Gasteiger charge is -2.14. The van der Waals surface area contributed by atoms with Crippen molar-refractivity contribution < 1.29 is 47.9 Å². The predicted molar refractivity (Wildman–Crippen MR) is 135 cm³/mol. The molecular formula is C25H26N4O11. The number of ether oxygens (including phenoxy) is 2. The van der Waals surface area contributed by atoms with E-state index in [9.17, 15) is 34.1 Å². The fraction of sp³-hybridized carbons (Fsp3) is 0.320. The van der Waals surface area contributed by atoms with Crippen molar-refractivity contribution in [3.8, 4) is 5.75 Å². The van der Waals surface area contributed by atoms with Crippen LogP contribution in [0, 0.1) is 10.1 Å². The summed E-state index contributed by atoms with van der Waals surface area (Å²) in [6.45, 7) is -0.585. The smallest absolute Gasteiger partial charge is 0.483 e. The Kier molecular flexibility index (Phi) is 10.3. The Balaban J connectivity index is 1.48. The molecule has 0 atom stereocenters. The summed E-state index contributed by atoms with van der Waals surface area (Å²) in [5.41, 5.74) is 0.545. The Hall–Kier alpha value is -5.21. The van der Waals surface area contributed by atoms with E-state index in [0.717, 1.165) is 4.90 Å². The van der Waals surface area contributed by atoms with Gasteiger partial charge in [-0.3, -0.25) is 34.2 Å². The standard InChI is InChI=1S/C25H26N4O11/c30-20(4-2-1-3-11-28-22(32)8-9-23(28)33)26-13-21(31)27-18-12-16(14-39-25(34)35)5-7-19(18)38-15-17-6-10-24(40-17)29(36)37/h5-10,12H,1-4,11,13-15H2,(H,26,30)(H,27,31)(H,34,35). The van der Waals surface area contributed by atoms with Crippen LogP contribution in [0.4, 0.5) is 16.4 Å². The normalized spacial score (nSPS) is 12.3. The lowest BCUT2D eigenvalue weighted by Crippen LogP contribution is -2.33. The number of carbonyl (C=O) groups is 5. The second-order valence-corrected chi connectivity index (χ2v) is 8.47. The minimum Gasteiger partial charge on any atom is -0.483 e. The number of amides is 4. The number of benzene rings is 1. The second-order valence-electron chi connectivity index (χ2n) is 8.47. The van der Waals surface area contributed by atoms with E-state index in [1.54, 1.807) is 0 Å². The summed E-state index contributed by atoms with van der Waals surface area (Å²) >= 11 is 0. The van der Waals surface area contributed by atoms with Crippen LogP contribution >= 0.6 is 0 Å². The highest BCUT2D eigenvalue weighted by Crippen LogP contribution is 2.28. The number of carbonyl (C=O) groups excluding carboxylic acids is 4. The average molecular weight is 559 g/mol. The highest BCUT2D eigenvalue weighted by atomic mass is 16.7. The van der Waals surface area contributed by atoms with Crippen LogP contribution in [-0.2, 0) is 37.1 Å². The zero-order valence-corrected chi connectivity index (χ0v) is 21.1. The lowest BCUT2D eigenvalue weighted by molar-refractivity contribution is -0.402. The monoisotopic (exact) mass is 558 g/mol. The van der Waals surface area contributed by atoms with E-state index < -0.39 is 22.9 Å². The van der Waals surface area contributed by atoms with Crippen LogP contribution < -0.4 is 15.4 Å². The van der Waals surface area contributed by atoms with Crippen molar-refractivity contribution in [1.29, 1.82) is 0 Å². The number of anilines is 1. The maximum absolute atomic E-state index is 12.5. The van der Waals surface area contributed by atoms with Crippen molar-refractivity contribution in [3.05, 3.63) is 63.9 Å². The average Bonchev–Trinajstić information content (AvgIpc) is 3.52. The van der Waals surface area contributed by atoms with Gasteiger partial charge in [-0.2, -0.15) is 0 Å². The first-order valence-corrected chi connectivity index (χ1v) is 12.1. The lowest BCUT2D eigenvalue weighted by atomic mass is 10.2. The molecule has 15 nitrogen and oxygen atoms in total. The highest BCUT2D eigenvalue weighted by molar-refractivity contribution is 6.12. The minimum absolute atomic E-state index is 0.138. The number of nitrogens with one attached hydrogen (secondary N) is 2. The maximum Gasteiger partial charge on any atom is 0.506 e. The Morgan fingerprint density at radius 1 is 1.00 bits per heavy atom. The fourth-order valence-corrected chi connectivity index (χ4v) is 3.57. The summed E-state index contributed by atoms with van der Waals surface area (Å²) < 4.78 is 15.2. The third-order valence-electron chi connectivity index (χ3n) is 5.51. The molecule has 3 rings (SSSR count). The van der Waals surface area contributed by atoms with E-state index in [2.05, 4.69) is 15.4 Å². The molecule has 212 valence electrons. The molecule has 2 heterocycles. The number of carboxylic acid groups (broad SMARTS) is 1. The molecule has 2 aromatic rings. The van der Waals surface area contributed by atoms with Crippen LogP contribution in [0.3, 0.4) is 0 Å². The van der Waals surface area contributed by atoms with Gasteiger partial charge in [-0.05, 0) is 36.6 Å². The summed E-state index contributed by atoms with van der Waals surface area (Å²) in [5.74, 6) is -1.82. The molecule has 3 N–H and O–H groups in total. The van der Waals surface area contributed by atoms with Gasteiger partial charge in [-0.15, -0.1) is 0 Å². The number of hydrogen-bond acceptors (Lipinski definition) is 10. The molecule has 1 aromatic carbocycles. The molecule has 0 saturated heterocycles. The van der Waals surface area contributed by atoms with Gasteiger partial charge in [0.05, 0.1) is 18.3 Å². The van der Waals surface area contributed by atoms with Crippen LogP contribution in [0.1, 0.15) is 37.0 Å². The summed E-state index contributed by atoms with van der Waals surface area (Å²) in [6.07, 6.45) is 2.71. The molecule has 0 saturated carbocycles. The van der Waals surface area contributed by atoms with Crippen LogP contribution in [0.5, 0.6) is 5.75 Å². The van der Waals surface area contributed by atoms with Crippen molar-refractivity contribution >= 4 is 41.4 Å². The van der Waals surface area contributed by atoms with Gasteiger partial charge in [0, 0.05) is 25.1 Å². The van der Waals surface area contributed by atoms with E-state index in [4.69, 9.17) is 14.3 Å². The van der Waals surface area contributed by atoms with Gasteiger partial charge in [0.15, 0.2) is 0 Å². The van der Waals surface area contributed by atoms with Crippen molar-refractivity contribution in [3.63, 3.8) is 0 Å². The van der Waals surface area contributed by atoms with Gasteiger partial charge in [0.1, 0.15) is 29.6 Å². The largest absolute Gasteiger partial charge is 0.506 e. The van der Waals surface area contributed by atoms with Crippen molar-refractivity contribution in [2.75, 3.05) is 18.4 Å². The van der Waals surface area contributed by atoms with Gasteiger partial charge in [-0.25, -0.2) is 4.79 Å². The number of furan rings is 1. The molecular weight excluding hydrogens is 532 g/mol. The van der Waals surface area contributed by atoms with Gasteiger partial charge in [-0.1, -0.05) is 12.5 Å². The van der Waals surface area contributed by atoms with Crippen LogP contribution in [0.25, 0.3) is 0 Å². The summed E-state index contributed by atoms with van der Waals surface area (Å²) in [6, 6.07) is 6.92. The quantitative estimate of drug-likeness (QED) is 0.0951. The Morgan fingerprint density at radius 3 is 2.42 bits per heavy atom. The Labute approximate surface area is 226 Å². The van der Waals surface area contributed by atoms with E-state index in [0.29, 0.717) is 24.8 Å². The minimum atomic E-state index is -1.48. The molecule has 0 radical (unpaired) electrons. The zero-order valence-electron chi connectivity index (χ0n) is 21.1. The Morgan fingerprint density at radius 2 is 1.75 bits per heavy atom. The Bertz CT molecular complexity index is 1300. The van der Waals surface area contributed by atoms with Gasteiger partial charge in [0.2, 0.25) is 11.8 Å². The second kappa shape index (κ2) is 14.1. The third kappa shape index (κ3) is 8.97. The summed E-state index contributed by atoms with van der Waals surface area (Å²) in [7, 11) is 0. The molecule has 1 aliphatic heterocycles. The molecule has 15 heteroatoms. The predicted octanol–water partition coefficient (Wildman–Crippen LogP) is 2.50. The fourth-order valence-electron chi connectivity index (χ4n) is 3.57. The number of imide groups is 1. The van der Waals surface area contributed by atoms with Gasteiger partial charge < -0.3 is 29.6 Å². The van der Waals surface area contributed by atoms with Crippen molar-refractivity contribution in [2.45, 2.75) is 38.9 Å². The molecule has 1 aliphatic rings. The number of nitrogens with zero attached hydrogens (tertiary/aromatic N) is 2. The molecule has 0 spiro atoms. The van der Waals surface area contributed by atoms with Crippen LogP contribution in [-0.4, -0.2) is 57.8 Å². The molecule has 0 fully saturated rings. The number of unbranched alkanes of at least 4 members (excludes halogenated alkanes) is 2. The number of nitro groups is 1. The van der Waals surface area contributed by atoms with Crippen LogP contribution in [0.15, 0.2) is 46.9 Å². The maximum atomic E-state index is 12.5. The van der Waals surface area contributed by atoms with Crippen molar-refractivity contribution in [1.82, 2.24) is 10.2 Å². The van der Waals surface area contributed by atoms with E-state index >= 15 is 0 Å². The third-order valence-corrected chi connectivity index (χ3v) is 5.51. The van der Waals surface area contributed by atoms with Gasteiger partial charge in [0.25, 0.3) is 11.8 Å². The first-order chi connectivity index (χ1) is 19.1.